The van der Waals surface area contributed by atoms with E-state index in [0.717, 1.165) is 19.4 Å². The average molecular weight is 301 g/mol. The average Bonchev–Trinajstić information content (AvgIpc) is 2.93. The van der Waals surface area contributed by atoms with Crippen LogP contribution in [0.25, 0.3) is 0 Å². The van der Waals surface area contributed by atoms with E-state index in [1.54, 1.807) is 11.3 Å². The maximum atomic E-state index is 11.7. The van der Waals surface area contributed by atoms with Crippen molar-refractivity contribution in [2.45, 2.75) is 32.7 Å². The van der Waals surface area contributed by atoms with Gasteiger partial charge in [0.1, 0.15) is 0 Å². The minimum Gasteiger partial charge on any atom is -0.314 e. The Hall–Kier alpha value is -0.390. The molecule has 0 spiro atoms. The standard InChI is InChI=1S/C14H23NO2S2/c1-11(2)15-9-13(8-14-4-3-6-18-14)12-5-7-19(16,17)10-12/h3-4,6,11-13,15H,5,7-10H2,1-2H3. The lowest BCUT2D eigenvalue weighted by molar-refractivity contribution is 0.335. The highest BCUT2D eigenvalue weighted by molar-refractivity contribution is 7.91. The van der Waals surface area contributed by atoms with Crippen LogP contribution in [0, 0.1) is 11.8 Å². The summed E-state index contributed by atoms with van der Waals surface area (Å²) >= 11 is 1.77. The van der Waals surface area contributed by atoms with Gasteiger partial charge in [0, 0.05) is 10.9 Å². The van der Waals surface area contributed by atoms with E-state index >= 15 is 0 Å². The molecule has 1 saturated heterocycles. The van der Waals surface area contributed by atoms with Crippen LogP contribution >= 0.6 is 11.3 Å². The largest absolute Gasteiger partial charge is 0.314 e. The predicted molar refractivity (Wildman–Crippen MR) is 81.4 cm³/mol. The highest BCUT2D eigenvalue weighted by atomic mass is 32.2. The van der Waals surface area contributed by atoms with Gasteiger partial charge in [-0.25, -0.2) is 8.42 Å². The number of rotatable bonds is 6. The van der Waals surface area contributed by atoms with E-state index in [2.05, 4.69) is 36.7 Å². The highest BCUT2D eigenvalue weighted by Gasteiger charge is 2.33. The van der Waals surface area contributed by atoms with Crippen molar-refractivity contribution in [3.8, 4) is 0 Å². The Balaban J connectivity index is 2.01. The van der Waals surface area contributed by atoms with Crippen molar-refractivity contribution in [1.29, 1.82) is 0 Å². The van der Waals surface area contributed by atoms with Gasteiger partial charge >= 0.3 is 0 Å². The number of thiophene rings is 1. The van der Waals surface area contributed by atoms with Crippen LogP contribution in [0.2, 0.25) is 0 Å². The summed E-state index contributed by atoms with van der Waals surface area (Å²) in [5.74, 6) is 1.50. The second-order valence-electron chi connectivity index (χ2n) is 5.77. The zero-order valence-corrected chi connectivity index (χ0v) is 13.3. The molecular weight excluding hydrogens is 278 g/mol. The Morgan fingerprint density at radius 3 is 2.79 bits per heavy atom. The van der Waals surface area contributed by atoms with Gasteiger partial charge in [0.15, 0.2) is 9.84 Å². The molecule has 2 atom stereocenters. The highest BCUT2D eigenvalue weighted by Crippen LogP contribution is 2.29. The van der Waals surface area contributed by atoms with Crippen molar-refractivity contribution in [3.05, 3.63) is 22.4 Å². The van der Waals surface area contributed by atoms with Crippen LogP contribution in [0.4, 0.5) is 0 Å². The van der Waals surface area contributed by atoms with Gasteiger partial charge in [-0.3, -0.25) is 0 Å². The van der Waals surface area contributed by atoms with Gasteiger partial charge in [0.2, 0.25) is 0 Å². The summed E-state index contributed by atoms with van der Waals surface area (Å²) in [7, 11) is -2.78. The monoisotopic (exact) mass is 301 g/mol. The fourth-order valence-corrected chi connectivity index (χ4v) is 5.39. The van der Waals surface area contributed by atoms with E-state index in [4.69, 9.17) is 0 Å². The Labute approximate surface area is 120 Å². The van der Waals surface area contributed by atoms with Crippen LogP contribution in [0.3, 0.4) is 0 Å². The van der Waals surface area contributed by atoms with Gasteiger partial charge < -0.3 is 5.32 Å². The smallest absolute Gasteiger partial charge is 0.150 e. The van der Waals surface area contributed by atoms with Gasteiger partial charge in [0.05, 0.1) is 11.5 Å². The first-order valence-electron chi connectivity index (χ1n) is 6.92. The molecule has 3 nitrogen and oxygen atoms in total. The van der Waals surface area contributed by atoms with Gasteiger partial charge in [-0.1, -0.05) is 19.9 Å². The van der Waals surface area contributed by atoms with Crippen LogP contribution in [0.1, 0.15) is 25.1 Å². The SMILES string of the molecule is CC(C)NCC(Cc1cccs1)C1CCS(=O)(=O)C1. The molecule has 1 fully saturated rings. The molecule has 2 rings (SSSR count). The number of sulfone groups is 1. The van der Waals surface area contributed by atoms with Gasteiger partial charge in [-0.15, -0.1) is 11.3 Å². The molecule has 1 aliphatic rings. The minimum atomic E-state index is -2.78. The summed E-state index contributed by atoms with van der Waals surface area (Å²) in [5, 5.41) is 5.56. The lowest BCUT2D eigenvalue weighted by Gasteiger charge is -2.23. The van der Waals surface area contributed by atoms with E-state index in [0.29, 0.717) is 29.4 Å². The molecule has 5 heteroatoms. The maximum Gasteiger partial charge on any atom is 0.150 e. The first-order chi connectivity index (χ1) is 8.96. The van der Waals surface area contributed by atoms with Crippen molar-refractivity contribution >= 4 is 21.2 Å². The van der Waals surface area contributed by atoms with E-state index < -0.39 is 9.84 Å². The van der Waals surface area contributed by atoms with Crippen LogP contribution in [-0.4, -0.2) is 32.5 Å². The summed E-state index contributed by atoms with van der Waals surface area (Å²) in [4.78, 5) is 1.36. The van der Waals surface area contributed by atoms with E-state index in [1.807, 2.05) is 0 Å². The molecule has 108 valence electrons. The molecule has 19 heavy (non-hydrogen) atoms. The zero-order valence-electron chi connectivity index (χ0n) is 11.6. The second-order valence-corrected chi connectivity index (χ2v) is 9.03. The molecule has 0 bridgehead atoms. The van der Waals surface area contributed by atoms with Gasteiger partial charge in [-0.2, -0.15) is 0 Å². The lowest BCUT2D eigenvalue weighted by atomic mass is 9.88. The summed E-state index contributed by atoms with van der Waals surface area (Å²) in [6.45, 7) is 5.18. The van der Waals surface area contributed by atoms with E-state index in [1.165, 1.54) is 4.88 Å². The Bertz CT molecular complexity index is 480. The van der Waals surface area contributed by atoms with Crippen LogP contribution in [0.15, 0.2) is 17.5 Å². The van der Waals surface area contributed by atoms with E-state index in [-0.39, 0.29) is 0 Å². The first-order valence-corrected chi connectivity index (χ1v) is 9.62. The third-order valence-corrected chi connectivity index (χ3v) is 6.46. The van der Waals surface area contributed by atoms with Crippen molar-refractivity contribution in [1.82, 2.24) is 5.32 Å². The van der Waals surface area contributed by atoms with Gasteiger partial charge in [-0.05, 0) is 42.7 Å². The maximum absolute atomic E-state index is 11.7. The molecule has 0 amide bonds. The van der Waals surface area contributed by atoms with Crippen molar-refractivity contribution < 1.29 is 8.42 Å². The molecule has 0 aromatic carbocycles. The topological polar surface area (TPSA) is 46.2 Å². The van der Waals surface area contributed by atoms with Crippen molar-refractivity contribution in [2.24, 2.45) is 11.8 Å². The molecule has 0 aliphatic carbocycles. The van der Waals surface area contributed by atoms with Crippen LogP contribution in [-0.2, 0) is 16.3 Å². The number of hydrogen-bond acceptors (Lipinski definition) is 4. The Kier molecular flexibility index (Phi) is 5.03. The normalized spacial score (nSPS) is 23.8. The van der Waals surface area contributed by atoms with Crippen LogP contribution < -0.4 is 5.32 Å². The molecule has 0 saturated carbocycles. The molecule has 2 unspecified atom stereocenters. The third kappa shape index (κ3) is 4.58. The summed E-state index contributed by atoms with van der Waals surface area (Å²) in [6, 6.07) is 4.67. The molecule has 1 aromatic heterocycles. The summed E-state index contributed by atoms with van der Waals surface area (Å²) in [5.41, 5.74) is 0. The van der Waals surface area contributed by atoms with Crippen LogP contribution in [0.5, 0.6) is 0 Å². The van der Waals surface area contributed by atoms with Gasteiger partial charge in [0.25, 0.3) is 0 Å². The fourth-order valence-electron chi connectivity index (χ4n) is 2.68. The summed E-state index contributed by atoms with van der Waals surface area (Å²) in [6.07, 6.45) is 1.83. The number of nitrogens with one attached hydrogen (secondary N) is 1. The first kappa shape index (κ1) is 15.0. The molecule has 0 radical (unpaired) electrons. The van der Waals surface area contributed by atoms with Crippen molar-refractivity contribution in [3.63, 3.8) is 0 Å². The molecule has 1 aromatic rings. The predicted octanol–water partition coefficient (Wildman–Crippen LogP) is 2.34. The zero-order chi connectivity index (χ0) is 13.9. The van der Waals surface area contributed by atoms with E-state index in [9.17, 15) is 8.42 Å². The number of hydrogen-bond donors (Lipinski definition) is 1. The minimum absolute atomic E-state index is 0.318. The quantitative estimate of drug-likeness (QED) is 0.877. The van der Waals surface area contributed by atoms with Crippen molar-refractivity contribution in [2.75, 3.05) is 18.1 Å². The fraction of sp³-hybridized carbons (Fsp3) is 0.714. The molecule has 2 heterocycles. The Morgan fingerprint density at radius 2 is 2.26 bits per heavy atom. The molecule has 1 N–H and O–H groups in total. The summed E-state index contributed by atoms with van der Waals surface area (Å²) < 4.78 is 23.3. The second kappa shape index (κ2) is 6.37. The molecule has 1 aliphatic heterocycles. The molecular formula is C14H23NO2S2. The lowest BCUT2D eigenvalue weighted by Crippen LogP contribution is -2.34. The Morgan fingerprint density at radius 1 is 1.47 bits per heavy atom. The third-order valence-electron chi connectivity index (χ3n) is 3.77.